The van der Waals surface area contributed by atoms with Crippen LogP contribution in [0.2, 0.25) is 0 Å². The van der Waals surface area contributed by atoms with Crippen LogP contribution in [0.3, 0.4) is 0 Å². The fraction of sp³-hybridized carbons (Fsp3) is 0.625. The molecule has 0 saturated heterocycles. The third kappa shape index (κ3) is 5.81. The van der Waals surface area contributed by atoms with Gasteiger partial charge in [-0.3, -0.25) is 0 Å². The minimum atomic E-state index is 0.202. The van der Waals surface area contributed by atoms with Crippen LogP contribution in [0.5, 0.6) is 0 Å². The molecule has 20 heavy (non-hydrogen) atoms. The van der Waals surface area contributed by atoms with Gasteiger partial charge in [0.25, 0.3) is 0 Å². The number of nitrogens with two attached hydrogens (primary N) is 1. The van der Waals surface area contributed by atoms with Gasteiger partial charge in [0.1, 0.15) is 0 Å². The smallest absolute Gasteiger partial charge is 0.0511 e. The Labute approximate surface area is 132 Å². The van der Waals surface area contributed by atoms with Crippen molar-refractivity contribution in [1.82, 2.24) is 4.90 Å². The van der Waals surface area contributed by atoms with Crippen molar-refractivity contribution in [1.29, 1.82) is 0 Å². The largest absolute Gasteiger partial charge is 0.369 e. The van der Waals surface area contributed by atoms with Gasteiger partial charge < -0.3 is 15.5 Å². The monoisotopic (exact) mass is 341 g/mol. The fourth-order valence-corrected chi connectivity index (χ4v) is 2.93. The highest BCUT2D eigenvalue weighted by Gasteiger charge is 2.11. The van der Waals surface area contributed by atoms with E-state index in [4.69, 9.17) is 5.73 Å². The zero-order valence-electron chi connectivity index (χ0n) is 13.2. The molecular weight excluding hydrogens is 314 g/mol. The Morgan fingerprint density at radius 1 is 1.20 bits per heavy atom. The zero-order valence-corrected chi connectivity index (χ0v) is 14.8. The number of rotatable bonds is 8. The molecule has 0 aromatic heterocycles. The molecule has 0 bridgehead atoms. The van der Waals surface area contributed by atoms with Gasteiger partial charge in [-0.25, -0.2) is 0 Å². The Hall–Kier alpha value is -0.580. The Balaban J connectivity index is 2.84. The van der Waals surface area contributed by atoms with Gasteiger partial charge in [0.15, 0.2) is 0 Å². The Kier molecular flexibility index (Phi) is 7.56. The van der Waals surface area contributed by atoms with Crippen molar-refractivity contribution in [3.05, 3.63) is 28.2 Å². The molecule has 114 valence electrons. The molecule has 0 aliphatic heterocycles. The molecule has 3 nitrogen and oxygen atoms in total. The summed E-state index contributed by atoms with van der Waals surface area (Å²) in [6, 6.07) is 6.82. The quantitative estimate of drug-likeness (QED) is 0.788. The molecule has 1 aromatic rings. The summed E-state index contributed by atoms with van der Waals surface area (Å²) in [6.07, 6.45) is 2.08. The maximum absolute atomic E-state index is 5.87. The summed E-state index contributed by atoms with van der Waals surface area (Å²) in [6.45, 7) is 7.46. The predicted octanol–water partition coefficient (Wildman–Crippen LogP) is 3.12. The van der Waals surface area contributed by atoms with E-state index in [0.717, 1.165) is 32.5 Å². The van der Waals surface area contributed by atoms with Crippen LogP contribution in [0.4, 0.5) is 5.69 Å². The second kappa shape index (κ2) is 8.65. The van der Waals surface area contributed by atoms with Crippen molar-refractivity contribution < 1.29 is 0 Å². The molecule has 0 heterocycles. The standard InChI is InChI=1S/C16H28BrN3/c1-5-8-20(10-9-19(3)4)16-7-6-14(11-13(2)18)12-15(16)17/h6-7,12-13H,5,8-11,18H2,1-4H3. The molecule has 4 heteroatoms. The molecular formula is C16H28BrN3. The summed E-state index contributed by atoms with van der Waals surface area (Å²) >= 11 is 3.72. The zero-order chi connectivity index (χ0) is 15.1. The Bertz CT molecular complexity index is 405. The van der Waals surface area contributed by atoms with Crippen LogP contribution < -0.4 is 10.6 Å². The minimum absolute atomic E-state index is 0.202. The van der Waals surface area contributed by atoms with Gasteiger partial charge in [0, 0.05) is 30.1 Å². The summed E-state index contributed by atoms with van der Waals surface area (Å²) in [5, 5.41) is 0. The van der Waals surface area contributed by atoms with Gasteiger partial charge in [0.05, 0.1) is 5.69 Å². The van der Waals surface area contributed by atoms with Gasteiger partial charge in [-0.05, 0) is 67.5 Å². The SMILES string of the molecule is CCCN(CCN(C)C)c1ccc(CC(C)N)cc1Br. The molecule has 1 rings (SSSR count). The maximum atomic E-state index is 5.87. The van der Waals surface area contributed by atoms with Crippen LogP contribution >= 0.6 is 15.9 Å². The number of likely N-dealkylation sites (N-methyl/N-ethyl adjacent to an activating group) is 1. The first-order valence-electron chi connectivity index (χ1n) is 7.37. The van der Waals surface area contributed by atoms with Crippen molar-refractivity contribution in [3.63, 3.8) is 0 Å². The topological polar surface area (TPSA) is 32.5 Å². The average molecular weight is 342 g/mol. The summed E-state index contributed by atoms with van der Waals surface area (Å²) in [5.41, 5.74) is 8.44. The first kappa shape index (κ1) is 17.5. The number of benzene rings is 1. The summed E-state index contributed by atoms with van der Waals surface area (Å²) in [4.78, 5) is 4.67. The predicted molar refractivity (Wildman–Crippen MR) is 92.6 cm³/mol. The molecule has 0 amide bonds. The van der Waals surface area contributed by atoms with Crippen LogP contribution in [0, 0.1) is 0 Å². The first-order valence-corrected chi connectivity index (χ1v) is 8.17. The first-order chi connectivity index (χ1) is 9.43. The third-order valence-electron chi connectivity index (χ3n) is 3.22. The lowest BCUT2D eigenvalue weighted by atomic mass is 10.1. The highest BCUT2D eigenvalue weighted by atomic mass is 79.9. The number of hydrogen-bond acceptors (Lipinski definition) is 3. The summed E-state index contributed by atoms with van der Waals surface area (Å²) < 4.78 is 1.17. The molecule has 0 aliphatic carbocycles. The fourth-order valence-electron chi connectivity index (χ4n) is 2.25. The third-order valence-corrected chi connectivity index (χ3v) is 3.86. The summed E-state index contributed by atoms with van der Waals surface area (Å²) in [5.74, 6) is 0. The molecule has 0 spiro atoms. The normalized spacial score (nSPS) is 12.8. The molecule has 0 fully saturated rings. The van der Waals surface area contributed by atoms with E-state index < -0.39 is 0 Å². The van der Waals surface area contributed by atoms with Crippen molar-refractivity contribution in [2.24, 2.45) is 5.73 Å². The number of hydrogen-bond donors (Lipinski definition) is 1. The second-order valence-corrected chi connectivity index (χ2v) is 6.61. The van der Waals surface area contributed by atoms with Crippen LogP contribution in [0.15, 0.2) is 22.7 Å². The number of nitrogens with zero attached hydrogens (tertiary/aromatic N) is 2. The van der Waals surface area contributed by atoms with Gasteiger partial charge in [-0.15, -0.1) is 0 Å². The molecule has 2 N–H and O–H groups in total. The highest BCUT2D eigenvalue weighted by molar-refractivity contribution is 9.10. The van der Waals surface area contributed by atoms with E-state index in [2.05, 4.69) is 64.9 Å². The van der Waals surface area contributed by atoms with Crippen LogP contribution in [0.25, 0.3) is 0 Å². The van der Waals surface area contributed by atoms with Gasteiger partial charge in [-0.2, -0.15) is 0 Å². The van der Waals surface area contributed by atoms with E-state index in [-0.39, 0.29) is 6.04 Å². The minimum Gasteiger partial charge on any atom is -0.369 e. The van der Waals surface area contributed by atoms with Crippen LogP contribution in [0.1, 0.15) is 25.8 Å². The Morgan fingerprint density at radius 2 is 1.90 bits per heavy atom. The lowest BCUT2D eigenvalue weighted by Gasteiger charge is -2.27. The Morgan fingerprint density at radius 3 is 2.40 bits per heavy atom. The van der Waals surface area contributed by atoms with Crippen molar-refractivity contribution in [2.75, 3.05) is 38.6 Å². The highest BCUT2D eigenvalue weighted by Crippen LogP contribution is 2.28. The van der Waals surface area contributed by atoms with E-state index in [1.165, 1.54) is 15.7 Å². The maximum Gasteiger partial charge on any atom is 0.0511 e. The average Bonchev–Trinajstić information content (AvgIpc) is 2.34. The van der Waals surface area contributed by atoms with Gasteiger partial charge in [-0.1, -0.05) is 13.0 Å². The lowest BCUT2D eigenvalue weighted by molar-refractivity contribution is 0.413. The van der Waals surface area contributed by atoms with E-state index in [1.54, 1.807) is 0 Å². The number of anilines is 1. The van der Waals surface area contributed by atoms with Crippen molar-refractivity contribution in [2.45, 2.75) is 32.7 Å². The molecule has 1 aromatic carbocycles. The molecule has 0 radical (unpaired) electrons. The molecule has 1 unspecified atom stereocenters. The van der Waals surface area contributed by atoms with Crippen molar-refractivity contribution >= 4 is 21.6 Å². The molecule has 0 aliphatic rings. The van der Waals surface area contributed by atoms with Gasteiger partial charge >= 0.3 is 0 Å². The van der Waals surface area contributed by atoms with Crippen molar-refractivity contribution in [3.8, 4) is 0 Å². The van der Waals surface area contributed by atoms with E-state index in [9.17, 15) is 0 Å². The van der Waals surface area contributed by atoms with E-state index in [0.29, 0.717) is 0 Å². The van der Waals surface area contributed by atoms with Crippen LogP contribution in [-0.4, -0.2) is 44.7 Å². The molecule has 0 saturated carbocycles. The second-order valence-electron chi connectivity index (χ2n) is 5.76. The lowest BCUT2D eigenvalue weighted by Crippen LogP contribution is -2.32. The number of halogens is 1. The van der Waals surface area contributed by atoms with E-state index >= 15 is 0 Å². The molecule has 1 atom stereocenters. The summed E-state index contributed by atoms with van der Waals surface area (Å²) in [7, 11) is 4.23. The van der Waals surface area contributed by atoms with Crippen LogP contribution in [-0.2, 0) is 6.42 Å². The van der Waals surface area contributed by atoms with E-state index in [1.807, 2.05) is 6.92 Å². The van der Waals surface area contributed by atoms with Gasteiger partial charge in [0.2, 0.25) is 0 Å².